The summed E-state index contributed by atoms with van der Waals surface area (Å²) in [7, 11) is 0. The van der Waals surface area contributed by atoms with Crippen molar-refractivity contribution in [1.29, 1.82) is 0 Å². The quantitative estimate of drug-likeness (QED) is 0.403. The van der Waals surface area contributed by atoms with Crippen LogP contribution in [0.25, 0.3) is 0 Å². The summed E-state index contributed by atoms with van der Waals surface area (Å²) in [4.78, 5) is 33.0. The Kier molecular flexibility index (Phi) is 3.88. The van der Waals surface area contributed by atoms with Crippen LogP contribution in [-0.4, -0.2) is 17.8 Å². The van der Waals surface area contributed by atoms with Crippen molar-refractivity contribution in [2.24, 2.45) is 5.73 Å². The standard InChI is InChI=1S/C11H13N3O4/c1-5(15)14-9-3-7(11(13)17)8(12)4-10(9)18-6(2)16/h3-4H,12H2,1-2H3,(H2,13,17)(H,14,15). The van der Waals surface area contributed by atoms with Gasteiger partial charge in [0.1, 0.15) is 0 Å². The van der Waals surface area contributed by atoms with Crippen LogP contribution in [0.1, 0.15) is 24.2 Å². The molecule has 0 aliphatic rings. The second-order valence-corrected chi connectivity index (χ2v) is 3.57. The molecule has 0 aromatic heterocycles. The fourth-order valence-corrected chi connectivity index (χ4v) is 1.34. The Morgan fingerprint density at radius 2 is 1.83 bits per heavy atom. The van der Waals surface area contributed by atoms with Crippen molar-refractivity contribution in [2.45, 2.75) is 13.8 Å². The first-order valence-electron chi connectivity index (χ1n) is 5.00. The van der Waals surface area contributed by atoms with E-state index in [4.69, 9.17) is 16.2 Å². The Hall–Kier alpha value is -2.57. The number of esters is 1. The SMILES string of the molecule is CC(=O)Nc1cc(C(N)=O)c(N)cc1OC(C)=O. The van der Waals surface area contributed by atoms with Gasteiger partial charge in [-0.1, -0.05) is 0 Å². The summed E-state index contributed by atoms with van der Waals surface area (Å²) in [5, 5.41) is 2.42. The van der Waals surface area contributed by atoms with Crippen LogP contribution >= 0.6 is 0 Å². The monoisotopic (exact) mass is 251 g/mol. The molecule has 1 rings (SSSR count). The van der Waals surface area contributed by atoms with Crippen LogP contribution in [0.15, 0.2) is 12.1 Å². The lowest BCUT2D eigenvalue weighted by molar-refractivity contribution is -0.131. The van der Waals surface area contributed by atoms with E-state index in [0.29, 0.717) is 0 Å². The minimum Gasteiger partial charge on any atom is -0.424 e. The maximum Gasteiger partial charge on any atom is 0.308 e. The fourth-order valence-electron chi connectivity index (χ4n) is 1.34. The molecule has 7 heteroatoms. The van der Waals surface area contributed by atoms with Crippen molar-refractivity contribution in [3.63, 3.8) is 0 Å². The van der Waals surface area contributed by atoms with Crippen molar-refractivity contribution in [1.82, 2.24) is 0 Å². The Morgan fingerprint density at radius 1 is 1.22 bits per heavy atom. The van der Waals surface area contributed by atoms with Crippen LogP contribution in [-0.2, 0) is 9.59 Å². The molecule has 0 unspecified atom stereocenters. The van der Waals surface area contributed by atoms with E-state index < -0.39 is 11.9 Å². The van der Waals surface area contributed by atoms with Crippen LogP contribution in [0.3, 0.4) is 0 Å². The summed E-state index contributed by atoms with van der Waals surface area (Å²) in [6, 6.07) is 2.52. The second-order valence-electron chi connectivity index (χ2n) is 3.57. The average molecular weight is 251 g/mol. The molecule has 0 atom stereocenters. The number of carbonyl (C=O) groups is 3. The number of nitrogens with one attached hydrogen (secondary N) is 1. The van der Waals surface area contributed by atoms with Crippen molar-refractivity contribution in [3.05, 3.63) is 17.7 Å². The van der Waals surface area contributed by atoms with Crippen LogP contribution < -0.4 is 21.5 Å². The molecular weight excluding hydrogens is 238 g/mol. The molecule has 0 fully saturated rings. The summed E-state index contributed by atoms with van der Waals surface area (Å²) in [5.74, 6) is -1.65. The molecule has 0 heterocycles. The first kappa shape index (κ1) is 13.5. The van der Waals surface area contributed by atoms with E-state index in [9.17, 15) is 14.4 Å². The highest BCUT2D eigenvalue weighted by molar-refractivity contribution is 6.01. The third-order valence-corrected chi connectivity index (χ3v) is 1.98. The average Bonchev–Trinajstić information content (AvgIpc) is 2.19. The van der Waals surface area contributed by atoms with Crippen LogP contribution in [0, 0.1) is 0 Å². The Bertz CT molecular complexity index is 525. The second kappa shape index (κ2) is 5.17. The Balaban J connectivity index is 3.31. The maximum atomic E-state index is 11.1. The molecule has 0 aliphatic carbocycles. The number of nitrogens with two attached hydrogens (primary N) is 2. The first-order valence-corrected chi connectivity index (χ1v) is 5.00. The molecule has 0 aliphatic heterocycles. The van der Waals surface area contributed by atoms with Gasteiger partial charge in [-0.15, -0.1) is 0 Å². The number of benzene rings is 1. The van der Waals surface area contributed by atoms with Gasteiger partial charge in [-0.25, -0.2) is 0 Å². The summed E-state index contributed by atoms with van der Waals surface area (Å²) < 4.78 is 4.88. The summed E-state index contributed by atoms with van der Waals surface area (Å²) >= 11 is 0. The largest absolute Gasteiger partial charge is 0.424 e. The molecule has 0 spiro atoms. The summed E-state index contributed by atoms with van der Waals surface area (Å²) in [5.41, 5.74) is 11.0. The van der Waals surface area contributed by atoms with Crippen molar-refractivity contribution in [3.8, 4) is 5.75 Å². The molecule has 0 bridgehead atoms. The third kappa shape index (κ3) is 3.21. The number of hydrogen-bond acceptors (Lipinski definition) is 5. The third-order valence-electron chi connectivity index (χ3n) is 1.98. The van der Waals surface area contributed by atoms with E-state index in [1.165, 1.54) is 26.0 Å². The van der Waals surface area contributed by atoms with Crippen molar-refractivity contribution in [2.75, 3.05) is 11.1 Å². The van der Waals surface area contributed by atoms with Gasteiger partial charge >= 0.3 is 5.97 Å². The molecule has 0 radical (unpaired) electrons. The van der Waals surface area contributed by atoms with Crippen LogP contribution in [0.4, 0.5) is 11.4 Å². The number of hydrogen-bond donors (Lipinski definition) is 3. The van der Waals surface area contributed by atoms with Gasteiger partial charge in [0, 0.05) is 25.6 Å². The van der Waals surface area contributed by atoms with Gasteiger partial charge in [-0.05, 0) is 6.07 Å². The molecule has 1 aromatic rings. The molecular formula is C11H13N3O4. The highest BCUT2D eigenvalue weighted by Crippen LogP contribution is 2.30. The van der Waals surface area contributed by atoms with Gasteiger partial charge < -0.3 is 21.5 Å². The predicted molar refractivity (Wildman–Crippen MR) is 65.0 cm³/mol. The molecule has 1 aromatic carbocycles. The molecule has 18 heavy (non-hydrogen) atoms. The van der Waals surface area contributed by atoms with E-state index in [1.54, 1.807) is 0 Å². The zero-order valence-electron chi connectivity index (χ0n) is 9.94. The van der Waals surface area contributed by atoms with Crippen LogP contribution in [0.5, 0.6) is 5.75 Å². The molecule has 0 saturated heterocycles. The lowest BCUT2D eigenvalue weighted by Gasteiger charge is -2.12. The number of carbonyl (C=O) groups excluding carboxylic acids is 3. The topological polar surface area (TPSA) is 125 Å². The number of ether oxygens (including phenoxy) is 1. The molecule has 5 N–H and O–H groups in total. The van der Waals surface area contributed by atoms with Gasteiger partial charge in [0.05, 0.1) is 11.3 Å². The van der Waals surface area contributed by atoms with Gasteiger partial charge in [0.15, 0.2) is 5.75 Å². The molecule has 0 saturated carbocycles. The van der Waals surface area contributed by atoms with Gasteiger partial charge in [0.25, 0.3) is 5.91 Å². The Labute approximate surface area is 103 Å². The van der Waals surface area contributed by atoms with Crippen molar-refractivity contribution < 1.29 is 19.1 Å². The highest BCUT2D eigenvalue weighted by Gasteiger charge is 2.14. The smallest absolute Gasteiger partial charge is 0.308 e. The highest BCUT2D eigenvalue weighted by atomic mass is 16.5. The minimum atomic E-state index is -0.742. The zero-order valence-corrected chi connectivity index (χ0v) is 9.94. The normalized spacial score (nSPS) is 9.67. The van der Waals surface area contributed by atoms with Gasteiger partial charge in [0.2, 0.25) is 5.91 Å². The number of anilines is 2. The first-order chi connectivity index (χ1) is 8.31. The van der Waals surface area contributed by atoms with E-state index in [2.05, 4.69) is 5.32 Å². The number of rotatable bonds is 3. The van der Waals surface area contributed by atoms with E-state index >= 15 is 0 Å². The number of primary amides is 1. The predicted octanol–water partition coefficient (Wildman–Crippen LogP) is 0.251. The van der Waals surface area contributed by atoms with E-state index in [1.807, 2.05) is 0 Å². The van der Waals surface area contributed by atoms with Gasteiger partial charge in [-0.3, -0.25) is 14.4 Å². The summed E-state index contributed by atoms with van der Waals surface area (Å²) in [6.07, 6.45) is 0. The fraction of sp³-hybridized carbons (Fsp3) is 0.182. The lowest BCUT2D eigenvalue weighted by Crippen LogP contribution is -2.16. The number of nitrogen functional groups attached to an aromatic ring is 1. The lowest BCUT2D eigenvalue weighted by atomic mass is 10.1. The van der Waals surface area contributed by atoms with Crippen molar-refractivity contribution >= 4 is 29.2 Å². The minimum absolute atomic E-state index is 0.0367. The number of amides is 2. The molecule has 2 amide bonds. The maximum absolute atomic E-state index is 11.1. The van der Waals surface area contributed by atoms with Gasteiger partial charge in [-0.2, -0.15) is 0 Å². The Morgan fingerprint density at radius 3 is 2.28 bits per heavy atom. The molecule has 96 valence electrons. The van der Waals surface area contributed by atoms with E-state index in [0.717, 1.165) is 0 Å². The zero-order chi connectivity index (χ0) is 13.9. The summed E-state index contributed by atoms with van der Waals surface area (Å²) in [6.45, 7) is 2.48. The van der Waals surface area contributed by atoms with E-state index in [-0.39, 0.29) is 28.6 Å². The molecule has 7 nitrogen and oxygen atoms in total. The van der Waals surface area contributed by atoms with Crippen LogP contribution in [0.2, 0.25) is 0 Å².